The van der Waals surface area contributed by atoms with Crippen molar-refractivity contribution in [3.05, 3.63) is 84.6 Å². The van der Waals surface area contributed by atoms with Gasteiger partial charge in [-0.1, -0.05) is 69.9 Å². The van der Waals surface area contributed by atoms with E-state index in [1.165, 1.54) is 17.3 Å². The Morgan fingerprint density at radius 1 is 1.05 bits per heavy atom. The largest absolute Gasteiger partial charge is 0.478 e. The predicted molar refractivity (Wildman–Crippen MR) is 176 cm³/mol. The number of unbranched alkanes of at least 4 members (excludes halogenated alkanes) is 2. The molecule has 0 unspecified atom stereocenters. The van der Waals surface area contributed by atoms with E-state index in [4.69, 9.17) is 9.84 Å². The molecule has 43 heavy (non-hydrogen) atoms. The lowest BCUT2D eigenvalue weighted by Crippen LogP contribution is -2.38. The standard InChI is InChI=1S/C34H42N2O5S2/c1-4-6-18-34(19-7-5-2)24-36(28-15-13-27(14-16-28)35-23-26-11-9-8-10-12-26)29-21-31(42-3)30(41-20-17-33(37)38)22-32(29)43(39,40)25-34/h8-17,20-22,35H,4-7,18-19,23-25H2,1-3H3,(H,37,38)/b20-17+. The summed E-state index contributed by atoms with van der Waals surface area (Å²) < 4.78 is 34.1. The number of fused-ring (bicyclic) bond motifs is 1. The lowest BCUT2D eigenvalue weighted by Gasteiger charge is -2.37. The topological polar surface area (TPSA) is 95.9 Å². The number of nitrogens with one attached hydrogen (secondary N) is 1. The van der Waals surface area contributed by atoms with Crippen LogP contribution in [0.4, 0.5) is 17.1 Å². The van der Waals surface area contributed by atoms with Crippen molar-refractivity contribution < 1.29 is 23.1 Å². The number of thioether (sulfide) groups is 1. The molecule has 9 heteroatoms. The van der Waals surface area contributed by atoms with E-state index in [9.17, 15) is 13.2 Å². The summed E-state index contributed by atoms with van der Waals surface area (Å²) in [6, 6.07) is 21.9. The average Bonchev–Trinajstić information content (AvgIpc) is 3.10. The fourth-order valence-corrected chi connectivity index (χ4v) is 8.33. The van der Waals surface area contributed by atoms with E-state index in [2.05, 4.69) is 48.3 Å². The van der Waals surface area contributed by atoms with Gasteiger partial charge in [-0.3, -0.25) is 0 Å². The van der Waals surface area contributed by atoms with Crippen molar-refractivity contribution in [2.45, 2.75) is 68.7 Å². The molecular weight excluding hydrogens is 581 g/mol. The third-order valence-electron chi connectivity index (χ3n) is 7.91. The summed E-state index contributed by atoms with van der Waals surface area (Å²) >= 11 is 1.43. The first-order valence-corrected chi connectivity index (χ1v) is 17.7. The number of carbonyl (C=O) groups is 1. The summed E-state index contributed by atoms with van der Waals surface area (Å²) in [7, 11) is -3.71. The van der Waals surface area contributed by atoms with Crippen molar-refractivity contribution >= 4 is 44.6 Å². The molecule has 1 aliphatic heterocycles. The highest BCUT2D eigenvalue weighted by Crippen LogP contribution is 2.48. The Morgan fingerprint density at radius 2 is 1.72 bits per heavy atom. The van der Waals surface area contributed by atoms with Gasteiger partial charge in [0.2, 0.25) is 0 Å². The van der Waals surface area contributed by atoms with Crippen LogP contribution in [-0.2, 0) is 21.2 Å². The van der Waals surface area contributed by atoms with Crippen LogP contribution in [0.2, 0.25) is 0 Å². The van der Waals surface area contributed by atoms with Crippen LogP contribution in [0.15, 0.2) is 88.9 Å². The Morgan fingerprint density at radius 3 is 2.33 bits per heavy atom. The number of benzene rings is 3. The predicted octanol–water partition coefficient (Wildman–Crippen LogP) is 8.29. The zero-order valence-electron chi connectivity index (χ0n) is 25.2. The van der Waals surface area contributed by atoms with Gasteiger partial charge in [0.1, 0.15) is 5.75 Å². The SMILES string of the molecule is CCCCC1(CCCC)CN(c2ccc(NCc3ccccc3)cc2)c2cc(SC)c(O/C=C/C(=O)O)cc2S(=O)(=O)C1. The van der Waals surface area contributed by atoms with Crippen molar-refractivity contribution in [2.75, 3.05) is 28.8 Å². The summed E-state index contributed by atoms with van der Waals surface area (Å²) in [6.45, 7) is 5.58. The number of carboxylic acids is 1. The van der Waals surface area contributed by atoms with Crippen LogP contribution in [0, 0.1) is 5.41 Å². The molecule has 0 aromatic heterocycles. The maximum Gasteiger partial charge on any atom is 0.331 e. The highest BCUT2D eigenvalue weighted by atomic mass is 32.2. The second-order valence-electron chi connectivity index (χ2n) is 11.2. The lowest BCUT2D eigenvalue weighted by molar-refractivity contribution is -0.131. The first kappa shape index (κ1) is 32.5. The smallest absolute Gasteiger partial charge is 0.331 e. The molecule has 7 nitrogen and oxygen atoms in total. The quantitative estimate of drug-likeness (QED) is 0.105. The Labute approximate surface area is 260 Å². The van der Waals surface area contributed by atoms with Crippen LogP contribution in [-0.4, -0.2) is 38.0 Å². The summed E-state index contributed by atoms with van der Waals surface area (Å²) in [5.74, 6) is -0.761. The van der Waals surface area contributed by atoms with Gasteiger partial charge < -0.3 is 20.1 Å². The number of carboxylic acid groups (broad SMARTS) is 1. The number of ether oxygens (including phenoxy) is 1. The maximum atomic E-state index is 14.2. The molecule has 1 aliphatic rings. The molecule has 0 fully saturated rings. The fourth-order valence-electron chi connectivity index (χ4n) is 5.68. The van der Waals surface area contributed by atoms with E-state index in [1.807, 2.05) is 42.7 Å². The minimum Gasteiger partial charge on any atom is -0.478 e. The number of hydrogen-bond donors (Lipinski definition) is 2. The molecule has 0 radical (unpaired) electrons. The second-order valence-corrected chi connectivity index (χ2v) is 14.0. The van der Waals surface area contributed by atoms with Crippen molar-refractivity contribution in [1.82, 2.24) is 0 Å². The van der Waals surface area contributed by atoms with Crippen LogP contribution in [0.1, 0.15) is 57.9 Å². The van der Waals surface area contributed by atoms with E-state index >= 15 is 0 Å². The van der Waals surface area contributed by atoms with E-state index in [1.54, 1.807) is 6.07 Å². The van der Waals surface area contributed by atoms with Gasteiger partial charge in [0, 0.05) is 35.9 Å². The van der Waals surface area contributed by atoms with Gasteiger partial charge in [-0.25, -0.2) is 13.2 Å². The summed E-state index contributed by atoms with van der Waals surface area (Å²) in [5.41, 5.74) is 3.30. The molecule has 2 N–H and O–H groups in total. The van der Waals surface area contributed by atoms with Crippen molar-refractivity contribution in [3.63, 3.8) is 0 Å². The van der Waals surface area contributed by atoms with Crippen LogP contribution in [0.25, 0.3) is 0 Å². The molecule has 1 heterocycles. The first-order chi connectivity index (χ1) is 20.7. The summed E-state index contributed by atoms with van der Waals surface area (Å²) in [6.07, 6.45) is 9.41. The average molecular weight is 623 g/mol. The Kier molecular flexibility index (Phi) is 11.2. The molecule has 0 saturated heterocycles. The Hall–Kier alpha value is -3.43. The van der Waals surface area contributed by atoms with Gasteiger partial charge in [0.15, 0.2) is 9.84 Å². The van der Waals surface area contributed by atoms with Gasteiger partial charge in [0.05, 0.1) is 33.6 Å². The maximum absolute atomic E-state index is 14.2. The lowest BCUT2D eigenvalue weighted by atomic mass is 9.79. The number of aliphatic carboxylic acids is 1. The third-order valence-corrected chi connectivity index (χ3v) is 10.7. The van der Waals surface area contributed by atoms with Crippen molar-refractivity contribution in [1.29, 1.82) is 0 Å². The highest BCUT2D eigenvalue weighted by molar-refractivity contribution is 7.98. The molecule has 0 aliphatic carbocycles. The van der Waals surface area contributed by atoms with Gasteiger partial charge in [-0.15, -0.1) is 11.8 Å². The molecule has 3 aromatic carbocycles. The second kappa shape index (κ2) is 14.8. The monoisotopic (exact) mass is 622 g/mol. The number of anilines is 3. The van der Waals surface area contributed by atoms with Gasteiger partial charge in [0.25, 0.3) is 0 Å². The minimum atomic E-state index is -3.71. The molecule has 230 valence electrons. The number of nitrogens with zero attached hydrogens (tertiary/aromatic N) is 1. The first-order valence-electron chi connectivity index (χ1n) is 14.9. The fraction of sp³-hybridized carbons (Fsp3) is 0.382. The van der Waals surface area contributed by atoms with Crippen LogP contribution in [0.5, 0.6) is 5.75 Å². The molecule has 0 saturated carbocycles. The molecule has 0 bridgehead atoms. The van der Waals surface area contributed by atoms with Crippen molar-refractivity contribution in [2.24, 2.45) is 5.41 Å². The Balaban J connectivity index is 1.80. The third kappa shape index (κ3) is 8.36. The summed E-state index contributed by atoms with van der Waals surface area (Å²) in [4.78, 5) is 14.1. The van der Waals surface area contributed by atoms with E-state index in [0.717, 1.165) is 67.1 Å². The molecule has 4 rings (SSSR count). The molecule has 0 atom stereocenters. The summed E-state index contributed by atoms with van der Waals surface area (Å²) in [5, 5.41) is 12.5. The molecule has 3 aromatic rings. The number of hydrogen-bond acceptors (Lipinski definition) is 7. The molecule has 0 amide bonds. The normalized spacial score (nSPS) is 15.6. The zero-order valence-corrected chi connectivity index (χ0v) is 26.8. The van der Waals surface area contributed by atoms with Gasteiger partial charge in [-0.05, 0) is 55.0 Å². The van der Waals surface area contributed by atoms with Gasteiger partial charge >= 0.3 is 5.97 Å². The van der Waals surface area contributed by atoms with E-state index < -0.39 is 21.2 Å². The van der Waals surface area contributed by atoms with E-state index in [-0.39, 0.29) is 10.6 Å². The van der Waals surface area contributed by atoms with Crippen molar-refractivity contribution in [3.8, 4) is 5.75 Å². The number of sulfone groups is 1. The zero-order chi connectivity index (χ0) is 30.9. The Bertz CT molecular complexity index is 1500. The molecular formula is C34H42N2O5S2. The minimum absolute atomic E-state index is 0.0588. The number of rotatable bonds is 14. The van der Waals surface area contributed by atoms with Crippen LogP contribution >= 0.6 is 11.8 Å². The van der Waals surface area contributed by atoms with Crippen LogP contribution < -0.4 is 15.0 Å². The van der Waals surface area contributed by atoms with Gasteiger partial charge in [-0.2, -0.15) is 0 Å². The highest BCUT2D eigenvalue weighted by Gasteiger charge is 2.42. The van der Waals surface area contributed by atoms with E-state index in [0.29, 0.717) is 24.5 Å². The molecule has 0 spiro atoms. The van der Waals surface area contributed by atoms with Crippen LogP contribution in [0.3, 0.4) is 0 Å².